The zero-order valence-electron chi connectivity index (χ0n) is 11.6. The summed E-state index contributed by atoms with van der Waals surface area (Å²) in [6, 6.07) is 14.9. The lowest BCUT2D eigenvalue weighted by molar-refractivity contribution is 0.625. The second-order valence-corrected chi connectivity index (χ2v) is 4.87. The molecule has 0 amide bonds. The van der Waals surface area contributed by atoms with Crippen molar-refractivity contribution in [2.24, 2.45) is 0 Å². The maximum Gasteiger partial charge on any atom is 0.320 e. The molecule has 0 bridgehead atoms. The van der Waals surface area contributed by atoms with Gasteiger partial charge in [0.1, 0.15) is 5.82 Å². The van der Waals surface area contributed by atoms with Crippen molar-refractivity contribution in [3.63, 3.8) is 0 Å². The largest absolute Gasteiger partial charge is 0.320 e. The Bertz CT molecular complexity index is 914. The Balaban J connectivity index is 2.03. The van der Waals surface area contributed by atoms with Crippen molar-refractivity contribution in [1.29, 1.82) is 0 Å². The molecular weight excluding hydrogens is 283 g/mol. The molecule has 5 heteroatoms. The third-order valence-corrected chi connectivity index (χ3v) is 3.34. The molecule has 0 radical (unpaired) electrons. The Morgan fingerprint density at radius 1 is 0.864 bits per heavy atom. The molecule has 0 aliphatic rings. The Morgan fingerprint density at radius 2 is 1.64 bits per heavy atom. The normalized spacial score (nSPS) is 10.6. The fraction of sp³-hybridized carbons (Fsp3) is 0.0588. The van der Waals surface area contributed by atoms with E-state index in [1.54, 1.807) is 6.07 Å². The van der Waals surface area contributed by atoms with Gasteiger partial charge in [-0.3, -0.25) is 14.2 Å². The van der Waals surface area contributed by atoms with Crippen molar-refractivity contribution in [2.75, 3.05) is 0 Å². The highest BCUT2D eigenvalue weighted by Gasteiger charge is 2.07. The summed E-state index contributed by atoms with van der Waals surface area (Å²) in [6.45, 7) is 0.318. The van der Waals surface area contributed by atoms with Crippen molar-refractivity contribution in [3.8, 4) is 5.69 Å². The molecule has 1 heterocycles. The average Bonchev–Trinajstić information content (AvgIpc) is 2.53. The molecule has 0 aliphatic carbocycles. The van der Waals surface area contributed by atoms with Crippen LogP contribution in [-0.2, 0) is 6.54 Å². The summed E-state index contributed by atoms with van der Waals surface area (Å²) in [5, 5.41) is 0. The highest BCUT2D eigenvalue weighted by Crippen LogP contribution is 2.07. The Kier molecular flexibility index (Phi) is 3.70. The predicted octanol–water partition coefficient (Wildman–Crippen LogP) is 2.19. The summed E-state index contributed by atoms with van der Waals surface area (Å²) in [5.74, 6) is -0.460. The summed E-state index contributed by atoms with van der Waals surface area (Å²) >= 11 is 0. The third-order valence-electron chi connectivity index (χ3n) is 3.34. The van der Waals surface area contributed by atoms with Crippen LogP contribution in [0.4, 0.5) is 4.39 Å². The maximum atomic E-state index is 13.3. The minimum Gasteiger partial charge on any atom is -0.305 e. The van der Waals surface area contributed by atoms with E-state index >= 15 is 0 Å². The van der Waals surface area contributed by atoms with E-state index in [2.05, 4.69) is 0 Å². The molecule has 3 rings (SSSR count). The van der Waals surface area contributed by atoms with Crippen LogP contribution in [0.25, 0.3) is 5.69 Å². The number of rotatable bonds is 3. The molecule has 0 spiro atoms. The fourth-order valence-corrected chi connectivity index (χ4v) is 2.24. The molecule has 2 aromatic carbocycles. The summed E-state index contributed by atoms with van der Waals surface area (Å²) in [5.41, 5.74) is -0.0962. The van der Waals surface area contributed by atoms with Crippen molar-refractivity contribution in [3.05, 3.63) is 99.1 Å². The van der Waals surface area contributed by atoms with E-state index in [1.165, 1.54) is 35.2 Å². The molecular formula is C17H13FN2O2. The van der Waals surface area contributed by atoms with E-state index in [4.69, 9.17) is 0 Å². The van der Waals surface area contributed by atoms with E-state index in [0.717, 1.165) is 10.1 Å². The number of nitrogens with zero attached hydrogens (tertiary/aromatic N) is 2. The highest BCUT2D eigenvalue weighted by molar-refractivity contribution is 5.32. The van der Waals surface area contributed by atoms with Gasteiger partial charge in [0, 0.05) is 12.4 Å². The number of aromatic nitrogens is 2. The van der Waals surface area contributed by atoms with E-state index < -0.39 is 16.9 Å². The van der Waals surface area contributed by atoms with Gasteiger partial charge in [0.25, 0.3) is 0 Å². The number of hydrogen-bond donors (Lipinski definition) is 0. The lowest BCUT2D eigenvalue weighted by Crippen LogP contribution is -2.40. The molecule has 1 aromatic heterocycles. The molecule has 110 valence electrons. The zero-order chi connectivity index (χ0) is 15.5. The quantitative estimate of drug-likeness (QED) is 0.695. The van der Waals surface area contributed by atoms with Gasteiger partial charge in [0.15, 0.2) is 0 Å². The molecule has 0 saturated carbocycles. The van der Waals surface area contributed by atoms with Gasteiger partial charge in [-0.25, -0.2) is 4.39 Å². The monoisotopic (exact) mass is 296 g/mol. The lowest BCUT2D eigenvalue weighted by Gasteiger charge is -2.09. The molecule has 22 heavy (non-hydrogen) atoms. The van der Waals surface area contributed by atoms with Crippen molar-refractivity contribution in [1.82, 2.24) is 9.13 Å². The first-order chi connectivity index (χ1) is 10.6. The van der Waals surface area contributed by atoms with Gasteiger partial charge in [0.05, 0.1) is 12.2 Å². The first-order valence-electron chi connectivity index (χ1n) is 6.77. The van der Waals surface area contributed by atoms with Gasteiger partial charge in [-0.15, -0.1) is 0 Å². The van der Waals surface area contributed by atoms with Crippen LogP contribution in [0.3, 0.4) is 0 Å². The molecule has 0 fully saturated rings. The van der Waals surface area contributed by atoms with Crippen LogP contribution in [0.1, 0.15) is 5.56 Å². The van der Waals surface area contributed by atoms with Crippen LogP contribution >= 0.6 is 0 Å². The second kappa shape index (κ2) is 5.81. The van der Waals surface area contributed by atoms with E-state index in [0.29, 0.717) is 12.2 Å². The first kappa shape index (κ1) is 14.0. The Morgan fingerprint density at radius 3 is 2.36 bits per heavy atom. The molecule has 0 unspecified atom stereocenters. The van der Waals surface area contributed by atoms with Gasteiger partial charge in [-0.1, -0.05) is 36.4 Å². The SMILES string of the molecule is O=c1c(=O)n(-c2cccc(F)c2)ccn1Cc1ccccc1. The summed E-state index contributed by atoms with van der Waals surface area (Å²) in [6.07, 6.45) is 3.00. The van der Waals surface area contributed by atoms with E-state index in [9.17, 15) is 14.0 Å². The average molecular weight is 296 g/mol. The maximum absolute atomic E-state index is 13.3. The molecule has 3 aromatic rings. The van der Waals surface area contributed by atoms with Gasteiger partial charge >= 0.3 is 11.1 Å². The second-order valence-electron chi connectivity index (χ2n) is 4.87. The first-order valence-corrected chi connectivity index (χ1v) is 6.77. The molecule has 0 aliphatic heterocycles. The molecule has 4 nitrogen and oxygen atoms in total. The smallest absolute Gasteiger partial charge is 0.305 e. The summed E-state index contributed by atoms with van der Waals surface area (Å²) in [7, 11) is 0. The molecule has 0 atom stereocenters. The van der Waals surface area contributed by atoms with Gasteiger partial charge in [0.2, 0.25) is 0 Å². The summed E-state index contributed by atoms with van der Waals surface area (Å²) in [4.78, 5) is 24.4. The van der Waals surface area contributed by atoms with Crippen molar-refractivity contribution in [2.45, 2.75) is 6.54 Å². The van der Waals surface area contributed by atoms with E-state index in [1.807, 2.05) is 30.3 Å². The predicted molar refractivity (Wildman–Crippen MR) is 81.8 cm³/mol. The minimum atomic E-state index is -0.705. The van der Waals surface area contributed by atoms with Gasteiger partial charge < -0.3 is 4.57 Å². The van der Waals surface area contributed by atoms with Crippen molar-refractivity contribution >= 4 is 0 Å². The summed E-state index contributed by atoms with van der Waals surface area (Å²) < 4.78 is 15.7. The number of benzene rings is 2. The standard InChI is InChI=1S/C17H13FN2O2/c18-14-7-4-8-15(11-14)20-10-9-19(16(21)17(20)22)12-13-5-2-1-3-6-13/h1-11H,12H2. The fourth-order valence-electron chi connectivity index (χ4n) is 2.24. The van der Waals surface area contributed by atoms with Gasteiger partial charge in [-0.05, 0) is 23.8 Å². The third kappa shape index (κ3) is 2.74. The van der Waals surface area contributed by atoms with Crippen LogP contribution in [0.15, 0.2) is 76.6 Å². The molecule has 0 N–H and O–H groups in total. The van der Waals surface area contributed by atoms with Crippen LogP contribution in [0.2, 0.25) is 0 Å². The van der Waals surface area contributed by atoms with Crippen LogP contribution in [-0.4, -0.2) is 9.13 Å². The van der Waals surface area contributed by atoms with Crippen LogP contribution in [0, 0.1) is 5.82 Å². The Hall–Kier alpha value is -2.95. The zero-order valence-corrected chi connectivity index (χ0v) is 11.6. The van der Waals surface area contributed by atoms with Gasteiger partial charge in [-0.2, -0.15) is 0 Å². The van der Waals surface area contributed by atoms with Crippen LogP contribution in [0.5, 0.6) is 0 Å². The minimum absolute atomic E-state index is 0.318. The topological polar surface area (TPSA) is 44.0 Å². The highest BCUT2D eigenvalue weighted by atomic mass is 19.1. The van der Waals surface area contributed by atoms with Crippen molar-refractivity contribution < 1.29 is 4.39 Å². The lowest BCUT2D eigenvalue weighted by atomic mass is 10.2. The molecule has 0 saturated heterocycles. The number of halogens is 1. The van der Waals surface area contributed by atoms with Crippen LogP contribution < -0.4 is 11.1 Å². The van der Waals surface area contributed by atoms with E-state index in [-0.39, 0.29) is 0 Å². The Labute approximate surface area is 125 Å². The number of hydrogen-bond acceptors (Lipinski definition) is 2.